The minimum absolute atomic E-state index is 0.160. The molecular weight excluding hydrogens is 352 g/mol. The van der Waals surface area contributed by atoms with Crippen molar-refractivity contribution in [3.05, 3.63) is 71.1 Å². The fourth-order valence-electron chi connectivity index (χ4n) is 2.92. The first-order valence-electron chi connectivity index (χ1n) is 7.84. The second-order valence-electron chi connectivity index (χ2n) is 5.77. The van der Waals surface area contributed by atoms with Crippen molar-refractivity contribution >= 4 is 28.6 Å². The van der Waals surface area contributed by atoms with Crippen molar-refractivity contribution in [2.24, 2.45) is 0 Å². The summed E-state index contributed by atoms with van der Waals surface area (Å²) in [4.78, 5) is 20.5. The van der Waals surface area contributed by atoms with Crippen LogP contribution in [0.1, 0.15) is 16.1 Å². The molecule has 1 aromatic carbocycles. The Bertz CT molecular complexity index is 1140. The Hall–Kier alpha value is -3.25. The van der Waals surface area contributed by atoms with Crippen LogP contribution in [0.2, 0.25) is 5.02 Å². The molecule has 0 saturated heterocycles. The van der Waals surface area contributed by atoms with Crippen LogP contribution in [0.3, 0.4) is 0 Å². The van der Waals surface area contributed by atoms with Crippen LogP contribution >= 0.6 is 11.6 Å². The Balaban J connectivity index is 2.06. The molecule has 3 heterocycles. The normalized spacial score (nSPS) is 11.0. The predicted molar refractivity (Wildman–Crippen MR) is 98.8 cm³/mol. The van der Waals surface area contributed by atoms with Gasteiger partial charge in [-0.15, -0.1) is 0 Å². The molecule has 26 heavy (non-hydrogen) atoms. The smallest absolute Gasteiger partial charge is 0.336 e. The van der Waals surface area contributed by atoms with Crippen molar-refractivity contribution in [2.45, 2.75) is 6.92 Å². The van der Waals surface area contributed by atoms with Gasteiger partial charge in [0.1, 0.15) is 0 Å². The summed E-state index contributed by atoms with van der Waals surface area (Å²) < 4.78 is 1.62. The quantitative estimate of drug-likeness (QED) is 0.590. The number of carboxylic acid groups (broad SMARTS) is 1. The van der Waals surface area contributed by atoms with Gasteiger partial charge in [0.25, 0.3) is 0 Å². The molecule has 7 heteroatoms. The van der Waals surface area contributed by atoms with E-state index in [0.29, 0.717) is 33.1 Å². The van der Waals surface area contributed by atoms with Gasteiger partial charge in [-0.05, 0) is 43.3 Å². The largest absolute Gasteiger partial charge is 0.478 e. The molecule has 0 aliphatic heterocycles. The van der Waals surface area contributed by atoms with E-state index in [4.69, 9.17) is 11.6 Å². The van der Waals surface area contributed by atoms with Crippen molar-refractivity contribution in [2.75, 3.05) is 0 Å². The van der Waals surface area contributed by atoms with E-state index in [1.54, 1.807) is 54.3 Å². The van der Waals surface area contributed by atoms with Gasteiger partial charge in [-0.2, -0.15) is 5.10 Å². The summed E-state index contributed by atoms with van der Waals surface area (Å²) in [7, 11) is 0. The van der Waals surface area contributed by atoms with Crippen LogP contribution in [-0.2, 0) is 0 Å². The number of carboxylic acids is 1. The maximum Gasteiger partial charge on any atom is 0.336 e. The number of aromatic carboxylic acids is 1. The molecule has 0 aliphatic rings. The Morgan fingerprint density at radius 2 is 1.92 bits per heavy atom. The number of pyridine rings is 2. The molecule has 0 spiro atoms. The average molecular weight is 365 g/mol. The second kappa shape index (κ2) is 6.24. The fraction of sp³-hybridized carbons (Fsp3) is 0.0526. The first-order valence-corrected chi connectivity index (χ1v) is 8.22. The summed E-state index contributed by atoms with van der Waals surface area (Å²) in [6, 6.07) is 12.3. The first-order chi connectivity index (χ1) is 12.5. The van der Waals surface area contributed by atoms with Crippen LogP contribution in [0.25, 0.3) is 28.0 Å². The van der Waals surface area contributed by atoms with E-state index < -0.39 is 5.97 Å². The van der Waals surface area contributed by atoms with Crippen LogP contribution in [0, 0.1) is 6.92 Å². The van der Waals surface area contributed by atoms with E-state index >= 15 is 0 Å². The Morgan fingerprint density at radius 1 is 1.15 bits per heavy atom. The summed E-state index contributed by atoms with van der Waals surface area (Å²) in [5, 5.41) is 15.3. The van der Waals surface area contributed by atoms with Crippen LogP contribution in [0.15, 0.2) is 54.9 Å². The summed E-state index contributed by atoms with van der Waals surface area (Å²) in [5.74, 6) is -1.03. The monoisotopic (exact) mass is 364 g/mol. The third kappa shape index (κ3) is 2.70. The van der Waals surface area contributed by atoms with Crippen LogP contribution in [0.5, 0.6) is 0 Å². The van der Waals surface area contributed by atoms with E-state index in [1.807, 2.05) is 12.1 Å². The number of halogens is 1. The highest BCUT2D eigenvalue weighted by atomic mass is 35.5. The zero-order chi connectivity index (χ0) is 18.3. The van der Waals surface area contributed by atoms with E-state index in [1.165, 1.54) is 0 Å². The number of benzene rings is 1. The lowest BCUT2D eigenvalue weighted by Crippen LogP contribution is -2.02. The maximum atomic E-state index is 11.9. The molecule has 0 amide bonds. The van der Waals surface area contributed by atoms with E-state index in [9.17, 15) is 9.90 Å². The second-order valence-corrected chi connectivity index (χ2v) is 6.21. The number of aryl methyl sites for hydroxylation is 1. The van der Waals surface area contributed by atoms with Gasteiger partial charge in [0, 0.05) is 23.0 Å². The van der Waals surface area contributed by atoms with Gasteiger partial charge < -0.3 is 5.11 Å². The van der Waals surface area contributed by atoms with Crippen molar-refractivity contribution in [3.63, 3.8) is 0 Å². The number of hydrogen-bond donors (Lipinski definition) is 1. The van der Waals surface area contributed by atoms with Crippen LogP contribution in [0.4, 0.5) is 0 Å². The van der Waals surface area contributed by atoms with Crippen molar-refractivity contribution < 1.29 is 9.90 Å². The summed E-state index contributed by atoms with van der Waals surface area (Å²) in [6.07, 6.45) is 3.28. The predicted octanol–water partition coefficient (Wildman–Crippen LogP) is 4.14. The summed E-state index contributed by atoms with van der Waals surface area (Å²) >= 11 is 6.10. The average Bonchev–Trinajstić information content (AvgIpc) is 2.98. The highest BCUT2D eigenvalue weighted by molar-refractivity contribution is 6.30. The third-order valence-corrected chi connectivity index (χ3v) is 4.31. The SMILES string of the molecule is Cc1nn(-c2cccc(Cl)c2)c2nc(-c3ccncc3)cc(C(=O)O)c12. The third-order valence-electron chi connectivity index (χ3n) is 4.07. The van der Waals surface area contributed by atoms with E-state index in [2.05, 4.69) is 15.1 Å². The molecule has 4 rings (SSSR count). The molecule has 1 N–H and O–H groups in total. The Kier molecular flexibility index (Phi) is 3.89. The number of carbonyl (C=O) groups is 1. The van der Waals surface area contributed by atoms with E-state index in [0.717, 1.165) is 5.56 Å². The van der Waals surface area contributed by atoms with Gasteiger partial charge in [0.15, 0.2) is 5.65 Å². The molecule has 0 unspecified atom stereocenters. The molecular formula is C19H13ClN4O2. The molecule has 0 radical (unpaired) electrons. The lowest BCUT2D eigenvalue weighted by Gasteiger charge is -2.07. The lowest BCUT2D eigenvalue weighted by atomic mass is 10.1. The van der Waals surface area contributed by atoms with Gasteiger partial charge in [-0.3, -0.25) is 4.98 Å². The fourth-order valence-corrected chi connectivity index (χ4v) is 3.10. The van der Waals surface area contributed by atoms with E-state index in [-0.39, 0.29) is 5.56 Å². The molecule has 0 aliphatic carbocycles. The molecule has 128 valence electrons. The molecule has 6 nitrogen and oxygen atoms in total. The number of nitrogens with zero attached hydrogens (tertiary/aromatic N) is 4. The zero-order valence-electron chi connectivity index (χ0n) is 13.7. The topological polar surface area (TPSA) is 80.9 Å². The zero-order valence-corrected chi connectivity index (χ0v) is 14.5. The molecule has 0 saturated carbocycles. The highest BCUT2D eigenvalue weighted by Crippen LogP contribution is 2.29. The number of rotatable bonds is 3. The van der Waals surface area contributed by atoms with Crippen LogP contribution < -0.4 is 0 Å². The maximum absolute atomic E-state index is 11.9. The number of hydrogen-bond acceptors (Lipinski definition) is 4. The van der Waals surface area contributed by atoms with Gasteiger partial charge >= 0.3 is 5.97 Å². The molecule has 0 atom stereocenters. The van der Waals surface area contributed by atoms with Crippen molar-refractivity contribution in [1.29, 1.82) is 0 Å². The minimum Gasteiger partial charge on any atom is -0.478 e. The number of aromatic nitrogens is 4. The van der Waals surface area contributed by atoms with Crippen molar-refractivity contribution in [3.8, 4) is 16.9 Å². The molecule has 3 aromatic heterocycles. The summed E-state index contributed by atoms with van der Waals surface area (Å²) in [5.41, 5.74) is 3.25. The van der Waals surface area contributed by atoms with Gasteiger partial charge in [-0.1, -0.05) is 17.7 Å². The van der Waals surface area contributed by atoms with Crippen molar-refractivity contribution in [1.82, 2.24) is 19.7 Å². The molecule has 4 aromatic rings. The summed E-state index contributed by atoms with van der Waals surface area (Å²) in [6.45, 7) is 1.77. The molecule has 0 bridgehead atoms. The Morgan fingerprint density at radius 3 is 2.62 bits per heavy atom. The Labute approximate surface area is 153 Å². The highest BCUT2D eigenvalue weighted by Gasteiger charge is 2.20. The van der Waals surface area contributed by atoms with Crippen LogP contribution in [-0.4, -0.2) is 30.8 Å². The van der Waals surface area contributed by atoms with Gasteiger partial charge in [0.05, 0.1) is 28.0 Å². The standard InChI is InChI=1S/C19H13ClN4O2/c1-11-17-15(19(25)26)10-16(12-5-7-21-8-6-12)22-18(17)24(23-11)14-4-2-3-13(20)9-14/h2-10H,1H3,(H,25,26). The lowest BCUT2D eigenvalue weighted by molar-refractivity contribution is 0.0699. The number of fused-ring (bicyclic) bond motifs is 1. The minimum atomic E-state index is -1.03. The van der Waals surface area contributed by atoms with Gasteiger partial charge in [-0.25, -0.2) is 14.5 Å². The first kappa shape index (κ1) is 16.2. The van der Waals surface area contributed by atoms with Gasteiger partial charge in [0.2, 0.25) is 0 Å². The molecule has 0 fully saturated rings.